The maximum absolute atomic E-state index is 13.3. The van der Waals surface area contributed by atoms with Crippen LogP contribution >= 0.6 is 0 Å². The molecule has 0 saturated carbocycles. The summed E-state index contributed by atoms with van der Waals surface area (Å²) in [6.45, 7) is 4.09. The summed E-state index contributed by atoms with van der Waals surface area (Å²) in [6.07, 6.45) is 8.20. The minimum absolute atomic E-state index is 0.136. The first kappa shape index (κ1) is 27.5. The number of unbranched alkanes of at least 4 members (excludes halogenated alkanes) is 1. The van der Waals surface area contributed by atoms with Crippen LogP contribution in [0.5, 0.6) is 0 Å². The van der Waals surface area contributed by atoms with Gasteiger partial charge in [-0.1, -0.05) is 55.8 Å². The zero-order chi connectivity index (χ0) is 28.8. The molecule has 5 aromatic rings. The Bertz CT molecular complexity index is 1730. The van der Waals surface area contributed by atoms with Crippen LogP contribution in [0.3, 0.4) is 0 Å². The number of nitrogens with zero attached hydrogens (tertiary/aromatic N) is 3. The SMILES string of the molecule is CCCCc1ccccc1C(=O)Nc1cccc(-c2cn(C)c(=O)c(Nc3ccc(-c4ccncc4)cc3)n2)c1C. The maximum Gasteiger partial charge on any atom is 0.293 e. The van der Waals surface area contributed by atoms with Crippen LogP contribution in [-0.2, 0) is 13.5 Å². The molecule has 0 saturated heterocycles. The van der Waals surface area contributed by atoms with Crippen molar-refractivity contribution in [2.75, 3.05) is 10.6 Å². The minimum Gasteiger partial charge on any atom is -0.336 e. The first-order chi connectivity index (χ1) is 19.9. The maximum atomic E-state index is 13.3. The lowest BCUT2D eigenvalue weighted by Gasteiger charge is -2.15. The Morgan fingerprint density at radius 3 is 2.39 bits per heavy atom. The Morgan fingerprint density at radius 1 is 0.902 bits per heavy atom. The Kier molecular flexibility index (Phi) is 8.34. The van der Waals surface area contributed by atoms with Gasteiger partial charge in [-0.3, -0.25) is 14.6 Å². The van der Waals surface area contributed by atoms with Crippen molar-refractivity contribution in [1.29, 1.82) is 0 Å². The summed E-state index contributed by atoms with van der Waals surface area (Å²) < 4.78 is 1.52. The number of benzene rings is 3. The molecule has 7 heteroatoms. The number of nitrogens with one attached hydrogen (secondary N) is 2. The van der Waals surface area contributed by atoms with Crippen LogP contribution in [0.1, 0.15) is 41.3 Å². The van der Waals surface area contributed by atoms with Crippen LogP contribution in [-0.4, -0.2) is 20.4 Å². The van der Waals surface area contributed by atoms with Gasteiger partial charge in [0.15, 0.2) is 5.82 Å². The molecule has 0 unspecified atom stereocenters. The molecule has 0 aliphatic carbocycles. The number of carbonyl (C=O) groups excluding carboxylic acids is 1. The van der Waals surface area contributed by atoms with E-state index in [4.69, 9.17) is 4.98 Å². The number of hydrogen-bond donors (Lipinski definition) is 2. The van der Waals surface area contributed by atoms with Crippen molar-refractivity contribution < 1.29 is 4.79 Å². The van der Waals surface area contributed by atoms with Gasteiger partial charge in [-0.25, -0.2) is 4.98 Å². The van der Waals surface area contributed by atoms with Crippen LogP contribution < -0.4 is 16.2 Å². The highest BCUT2D eigenvalue weighted by Crippen LogP contribution is 2.29. The van der Waals surface area contributed by atoms with E-state index in [0.29, 0.717) is 16.9 Å². The van der Waals surface area contributed by atoms with Gasteiger partial charge in [-0.2, -0.15) is 0 Å². The normalized spacial score (nSPS) is 10.8. The van der Waals surface area contributed by atoms with Crippen LogP contribution in [0, 0.1) is 6.92 Å². The minimum atomic E-state index is -0.238. The van der Waals surface area contributed by atoms with Gasteiger partial charge in [0.2, 0.25) is 0 Å². The van der Waals surface area contributed by atoms with Gasteiger partial charge in [0.05, 0.1) is 5.69 Å². The molecular formula is C34H33N5O2. The van der Waals surface area contributed by atoms with Gasteiger partial charge >= 0.3 is 0 Å². The number of aryl methyl sites for hydroxylation is 2. The lowest BCUT2D eigenvalue weighted by molar-refractivity contribution is 0.102. The average Bonchev–Trinajstić information content (AvgIpc) is 3.00. The number of pyridine rings is 1. The molecule has 0 aliphatic rings. The predicted molar refractivity (Wildman–Crippen MR) is 166 cm³/mol. The summed E-state index contributed by atoms with van der Waals surface area (Å²) in [5.74, 6) is 0.0864. The van der Waals surface area contributed by atoms with Crippen LogP contribution in [0.25, 0.3) is 22.4 Å². The van der Waals surface area contributed by atoms with Crippen molar-refractivity contribution in [1.82, 2.24) is 14.5 Å². The van der Waals surface area contributed by atoms with E-state index in [1.807, 2.05) is 85.8 Å². The molecule has 0 bridgehead atoms. The topological polar surface area (TPSA) is 88.9 Å². The number of hydrogen-bond acceptors (Lipinski definition) is 5. The summed E-state index contributed by atoms with van der Waals surface area (Å²) in [5.41, 5.74) is 7.39. The quantitative estimate of drug-likeness (QED) is 0.206. The summed E-state index contributed by atoms with van der Waals surface area (Å²) >= 11 is 0. The van der Waals surface area contributed by atoms with E-state index in [1.54, 1.807) is 25.6 Å². The van der Waals surface area contributed by atoms with Crippen molar-refractivity contribution >= 4 is 23.1 Å². The molecule has 0 spiro atoms. The third-order valence-electron chi connectivity index (χ3n) is 7.15. The molecule has 2 heterocycles. The smallest absolute Gasteiger partial charge is 0.293 e. The molecule has 2 aromatic heterocycles. The number of rotatable bonds is 9. The van der Waals surface area contributed by atoms with E-state index in [2.05, 4.69) is 22.5 Å². The van der Waals surface area contributed by atoms with E-state index < -0.39 is 0 Å². The Morgan fingerprint density at radius 2 is 1.63 bits per heavy atom. The van der Waals surface area contributed by atoms with Crippen LogP contribution in [0.4, 0.5) is 17.2 Å². The molecule has 2 N–H and O–H groups in total. The number of aromatic nitrogens is 3. The Labute approximate surface area is 240 Å². The molecule has 206 valence electrons. The van der Waals surface area contributed by atoms with Crippen molar-refractivity contribution in [3.63, 3.8) is 0 Å². The van der Waals surface area contributed by atoms with Gasteiger partial charge in [0, 0.05) is 48.1 Å². The molecule has 0 radical (unpaired) electrons. The first-order valence-electron chi connectivity index (χ1n) is 13.8. The largest absolute Gasteiger partial charge is 0.336 e. The Hall–Kier alpha value is -5.04. The number of anilines is 3. The third kappa shape index (κ3) is 6.25. The first-order valence-corrected chi connectivity index (χ1v) is 13.8. The van der Waals surface area contributed by atoms with Crippen LogP contribution in [0.2, 0.25) is 0 Å². The molecule has 1 amide bonds. The zero-order valence-electron chi connectivity index (χ0n) is 23.5. The van der Waals surface area contributed by atoms with E-state index in [0.717, 1.165) is 52.8 Å². The molecule has 0 atom stereocenters. The summed E-state index contributed by atoms with van der Waals surface area (Å²) in [5, 5.41) is 6.28. The summed E-state index contributed by atoms with van der Waals surface area (Å²) in [6, 6.07) is 25.2. The van der Waals surface area contributed by atoms with Crippen LogP contribution in [0.15, 0.2) is 102 Å². The molecule has 3 aromatic carbocycles. The number of carbonyl (C=O) groups is 1. The van der Waals surface area contributed by atoms with E-state index in [1.165, 1.54) is 4.57 Å². The standard InChI is InChI=1S/C34H33N5O2/c1-4-5-9-26-10-6-7-11-29(26)33(40)38-30-13-8-12-28(23(30)2)31-22-39(3)34(41)32(37-31)36-27-16-14-24(15-17-27)25-18-20-35-21-19-25/h6-8,10-22H,4-5,9H2,1-3H3,(H,36,37)(H,38,40). The molecule has 0 fully saturated rings. The van der Waals surface area contributed by atoms with Crippen molar-refractivity contribution in [2.45, 2.75) is 33.1 Å². The summed E-state index contributed by atoms with van der Waals surface area (Å²) in [7, 11) is 1.71. The molecule has 0 aliphatic heterocycles. The highest BCUT2D eigenvalue weighted by molar-refractivity contribution is 6.06. The fraction of sp³-hybridized carbons (Fsp3) is 0.176. The van der Waals surface area contributed by atoms with E-state index in [-0.39, 0.29) is 17.3 Å². The van der Waals surface area contributed by atoms with Crippen molar-refractivity contribution in [3.05, 3.63) is 124 Å². The zero-order valence-corrected chi connectivity index (χ0v) is 23.5. The average molecular weight is 544 g/mol. The molecule has 7 nitrogen and oxygen atoms in total. The van der Waals surface area contributed by atoms with Gasteiger partial charge in [0.25, 0.3) is 11.5 Å². The number of amides is 1. The fourth-order valence-electron chi connectivity index (χ4n) is 4.81. The van der Waals surface area contributed by atoms with E-state index >= 15 is 0 Å². The second-order valence-corrected chi connectivity index (χ2v) is 10.0. The summed E-state index contributed by atoms with van der Waals surface area (Å²) in [4.78, 5) is 35.0. The predicted octanol–water partition coefficient (Wildman–Crippen LogP) is 7.16. The van der Waals surface area contributed by atoms with Gasteiger partial charge < -0.3 is 15.2 Å². The van der Waals surface area contributed by atoms with Crippen molar-refractivity contribution in [2.24, 2.45) is 7.05 Å². The highest BCUT2D eigenvalue weighted by atomic mass is 16.1. The van der Waals surface area contributed by atoms with Gasteiger partial charge in [-0.05, 0) is 78.4 Å². The lowest BCUT2D eigenvalue weighted by atomic mass is 10.0. The van der Waals surface area contributed by atoms with Crippen molar-refractivity contribution in [3.8, 4) is 22.4 Å². The second-order valence-electron chi connectivity index (χ2n) is 10.0. The van der Waals surface area contributed by atoms with Gasteiger partial charge in [-0.15, -0.1) is 0 Å². The fourth-order valence-corrected chi connectivity index (χ4v) is 4.81. The monoisotopic (exact) mass is 543 g/mol. The van der Waals surface area contributed by atoms with Gasteiger partial charge in [0.1, 0.15) is 0 Å². The molecular weight excluding hydrogens is 510 g/mol. The third-order valence-corrected chi connectivity index (χ3v) is 7.15. The molecule has 5 rings (SSSR count). The van der Waals surface area contributed by atoms with E-state index in [9.17, 15) is 9.59 Å². The molecule has 41 heavy (non-hydrogen) atoms. The highest BCUT2D eigenvalue weighted by Gasteiger charge is 2.16. The Balaban J connectivity index is 1.41. The second kappa shape index (κ2) is 12.4. The lowest BCUT2D eigenvalue weighted by Crippen LogP contribution is -2.21.